The predicted molar refractivity (Wildman–Crippen MR) is 81.2 cm³/mol. The highest BCUT2D eigenvalue weighted by Crippen LogP contribution is 2.32. The summed E-state index contributed by atoms with van der Waals surface area (Å²) in [6.07, 6.45) is 11.4. The minimum atomic E-state index is 0.448. The topological polar surface area (TPSA) is 24.9 Å². The number of hydrogen-bond donors (Lipinski definition) is 1. The van der Waals surface area contributed by atoms with Crippen molar-refractivity contribution in [2.24, 2.45) is 5.92 Å². The Morgan fingerprint density at radius 2 is 2.05 bits per heavy atom. The van der Waals surface area contributed by atoms with Crippen LogP contribution in [0.1, 0.15) is 69.7 Å². The van der Waals surface area contributed by atoms with Gasteiger partial charge in [0.05, 0.1) is 11.7 Å². The van der Waals surface area contributed by atoms with Crippen molar-refractivity contribution in [2.75, 3.05) is 6.54 Å². The van der Waals surface area contributed by atoms with Gasteiger partial charge in [0.2, 0.25) is 0 Å². The summed E-state index contributed by atoms with van der Waals surface area (Å²) in [5.74, 6) is 0.893. The number of rotatable bonds is 6. The zero-order chi connectivity index (χ0) is 13.5. The molecule has 1 saturated carbocycles. The molecule has 2 nitrogen and oxygen atoms in total. The number of hydrogen-bond acceptors (Lipinski definition) is 2. The molecule has 0 aliphatic heterocycles. The van der Waals surface area contributed by atoms with Gasteiger partial charge in [0.25, 0.3) is 0 Å². The first-order chi connectivity index (χ1) is 9.35. The second kappa shape index (κ2) is 7.64. The van der Waals surface area contributed by atoms with E-state index in [9.17, 15) is 0 Å². The molecule has 1 unspecified atom stereocenters. The van der Waals surface area contributed by atoms with E-state index >= 15 is 0 Å². The van der Waals surface area contributed by atoms with Gasteiger partial charge in [-0.2, -0.15) is 0 Å². The zero-order valence-electron chi connectivity index (χ0n) is 12.5. The van der Waals surface area contributed by atoms with Crippen molar-refractivity contribution in [3.8, 4) is 0 Å². The minimum absolute atomic E-state index is 0.448. The highest BCUT2D eigenvalue weighted by molar-refractivity contribution is 5.23. The van der Waals surface area contributed by atoms with Crippen LogP contribution >= 0.6 is 0 Å². The molecule has 1 N–H and O–H groups in total. The summed E-state index contributed by atoms with van der Waals surface area (Å²) in [5, 5.41) is 3.66. The fourth-order valence-electron chi connectivity index (χ4n) is 3.36. The maximum absolute atomic E-state index is 4.67. The number of aryl methyl sites for hydroxylation is 1. The Kier molecular flexibility index (Phi) is 5.84. The third-order valence-corrected chi connectivity index (χ3v) is 4.38. The van der Waals surface area contributed by atoms with E-state index in [1.807, 2.05) is 6.20 Å². The van der Waals surface area contributed by atoms with Crippen LogP contribution in [0.15, 0.2) is 18.3 Å². The van der Waals surface area contributed by atoms with E-state index in [-0.39, 0.29) is 0 Å². The van der Waals surface area contributed by atoms with E-state index in [1.54, 1.807) is 0 Å². The maximum Gasteiger partial charge on any atom is 0.0605 e. The van der Waals surface area contributed by atoms with Gasteiger partial charge in [0.1, 0.15) is 0 Å². The molecular weight excluding hydrogens is 232 g/mol. The van der Waals surface area contributed by atoms with E-state index in [0.29, 0.717) is 6.04 Å². The Morgan fingerprint density at radius 3 is 2.74 bits per heavy atom. The molecular formula is C17H28N2. The van der Waals surface area contributed by atoms with Crippen molar-refractivity contribution in [1.29, 1.82) is 0 Å². The van der Waals surface area contributed by atoms with Gasteiger partial charge in [0, 0.05) is 6.20 Å². The number of nitrogens with zero attached hydrogens (tertiary/aromatic N) is 1. The van der Waals surface area contributed by atoms with E-state index in [1.165, 1.54) is 49.8 Å². The molecule has 2 rings (SSSR count). The summed E-state index contributed by atoms with van der Waals surface area (Å²) in [5.41, 5.74) is 2.70. The molecule has 19 heavy (non-hydrogen) atoms. The molecule has 1 fully saturated rings. The van der Waals surface area contributed by atoms with Crippen molar-refractivity contribution in [2.45, 2.75) is 64.8 Å². The largest absolute Gasteiger partial charge is 0.309 e. The third-order valence-electron chi connectivity index (χ3n) is 4.38. The predicted octanol–water partition coefficient (Wildman–Crippen LogP) is 4.27. The Hall–Kier alpha value is -0.890. The van der Waals surface area contributed by atoms with Crippen LogP contribution in [0.2, 0.25) is 0 Å². The summed E-state index contributed by atoms with van der Waals surface area (Å²) in [6, 6.07) is 4.74. The first-order valence-corrected chi connectivity index (χ1v) is 8.02. The first kappa shape index (κ1) is 14.5. The number of aromatic nitrogens is 1. The van der Waals surface area contributed by atoms with Crippen LogP contribution < -0.4 is 5.32 Å². The molecule has 1 atom stereocenters. The highest BCUT2D eigenvalue weighted by atomic mass is 14.9. The fourth-order valence-corrected chi connectivity index (χ4v) is 3.36. The van der Waals surface area contributed by atoms with Gasteiger partial charge in [-0.25, -0.2) is 0 Å². The fraction of sp³-hybridized carbons (Fsp3) is 0.706. The average molecular weight is 260 g/mol. The lowest BCUT2D eigenvalue weighted by Gasteiger charge is -2.27. The van der Waals surface area contributed by atoms with Crippen LogP contribution in [-0.4, -0.2) is 11.5 Å². The monoisotopic (exact) mass is 260 g/mol. The third kappa shape index (κ3) is 4.04. The van der Waals surface area contributed by atoms with Crippen LogP contribution in [0.5, 0.6) is 0 Å². The second-order valence-corrected chi connectivity index (χ2v) is 5.75. The smallest absolute Gasteiger partial charge is 0.0605 e. The lowest BCUT2D eigenvalue weighted by atomic mass is 9.83. The molecule has 1 aliphatic carbocycles. The lowest BCUT2D eigenvalue weighted by Crippen LogP contribution is -2.26. The van der Waals surface area contributed by atoms with Crippen molar-refractivity contribution >= 4 is 0 Å². The second-order valence-electron chi connectivity index (χ2n) is 5.75. The maximum atomic E-state index is 4.67. The van der Waals surface area contributed by atoms with Gasteiger partial charge in [-0.15, -0.1) is 0 Å². The van der Waals surface area contributed by atoms with Crippen LogP contribution in [-0.2, 0) is 6.42 Å². The van der Waals surface area contributed by atoms with Crippen molar-refractivity contribution in [3.63, 3.8) is 0 Å². The number of pyridine rings is 1. The molecule has 0 aromatic carbocycles. The number of nitrogens with one attached hydrogen (secondary N) is 1. The summed E-state index contributed by atoms with van der Waals surface area (Å²) >= 11 is 0. The van der Waals surface area contributed by atoms with Gasteiger partial charge >= 0.3 is 0 Å². The SMILES string of the molecule is CCNC(CC1CCCCC1)c1ncccc1CC. The van der Waals surface area contributed by atoms with Crippen molar-refractivity contribution in [1.82, 2.24) is 10.3 Å². The lowest BCUT2D eigenvalue weighted by molar-refractivity contribution is 0.298. The summed E-state index contributed by atoms with van der Waals surface area (Å²) in [7, 11) is 0. The Balaban J connectivity index is 2.09. The van der Waals surface area contributed by atoms with Crippen molar-refractivity contribution < 1.29 is 0 Å². The van der Waals surface area contributed by atoms with Crippen LogP contribution in [0.25, 0.3) is 0 Å². The molecule has 1 aromatic rings. The molecule has 106 valence electrons. The van der Waals surface area contributed by atoms with E-state index < -0.39 is 0 Å². The normalized spacial score (nSPS) is 18.4. The Bertz CT molecular complexity index is 369. The molecule has 1 aliphatic rings. The Morgan fingerprint density at radius 1 is 1.26 bits per heavy atom. The zero-order valence-corrected chi connectivity index (χ0v) is 12.5. The quantitative estimate of drug-likeness (QED) is 0.826. The molecule has 0 radical (unpaired) electrons. The van der Waals surface area contributed by atoms with Crippen LogP contribution in [0.3, 0.4) is 0 Å². The summed E-state index contributed by atoms with van der Waals surface area (Å²) in [6.45, 7) is 5.45. The van der Waals surface area contributed by atoms with E-state index in [0.717, 1.165) is 18.9 Å². The van der Waals surface area contributed by atoms with Gasteiger partial charge in [-0.3, -0.25) is 4.98 Å². The molecule has 1 heterocycles. The van der Waals surface area contributed by atoms with Crippen LogP contribution in [0.4, 0.5) is 0 Å². The Labute approximate surface area is 118 Å². The van der Waals surface area contributed by atoms with E-state index in [4.69, 9.17) is 0 Å². The molecule has 2 heteroatoms. The van der Waals surface area contributed by atoms with E-state index in [2.05, 4.69) is 36.3 Å². The average Bonchev–Trinajstić information content (AvgIpc) is 2.48. The minimum Gasteiger partial charge on any atom is -0.309 e. The summed E-state index contributed by atoms with van der Waals surface area (Å²) in [4.78, 5) is 4.67. The van der Waals surface area contributed by atoms with Gasteiger partial charge in [-0.1, -0.05) is 52.0 Å². The van der Waals surface area contributed by atoms with Gasteiger partial charge in [0.15, 0.2) is 0 Å². The summed E-state index contributed by atoms with van der Waals surface area (Å²) < 4.78 is 0. The molecule has 0 amide bonds. The standard InChI is InChI=1S/C17H28N2/c1-3-15-11-8-12-19-17(15)16(18-4-2)13-14-9-6-5-7-10-14/h8,11-12,14,16,18H,3-7,9-10,13H2,1-2H3. The molecule has 0 bridgehead atoms. The van der Waals surface area contributed by atoms with Crippen molar-refractivity contribution in [3.05, 3.63) is 29.6 Å². The highest BCUT2D eigenvalue weighted by Gasteiger charge is 2.21. The molecule has 0 spiro atoms. The first-order valence-electron chi connectivity index (χ1n) is 8.02. The molecule has 1 aromatic heterocycles. The molecule has 0 saturated heterocycles. The van der Waals surface area contributed by atoms with Gasteiger partial charge in [-0.05, 0) is 36.9 Å². The van der Waals surface area contributed by atoms with Gasteiger partial charge < -0.3 is 5.32 Å². The van der Waals surface area contributed by atoms with Crippen LogP contribution in [0, 0.1) is 5.92 Å².